The van der Waals surface area contributed by atoms with E-state index in [1.807, 2.05) is 24.3 Å². The van der Waals surface area contributed by atoms with Crippen LogP contribution in [0.5, 0.6) is 0 Å². The quantitative estimate of drug-likeness (QED) is 0.426. The van der Waals surface area contributed by atoms with Crippen molar-refractivity contribution < 1.29 is 9.66 Å². The lowest BCUT2D eigenvalue weighted by Crippen LogP contribution is -2.39. The Balaban J connectivity index is 2.22. The van der Waals surface area contributed by atoms with Crippen LogP contribution in [0.2, 0.25) is 0 Å². The second kappa shape index (κ2) is 9.23. The lowest BCUT2D eigenvalue weighted by molar-refractivity contribution is -0.431. The summed E-state index contributed by atoms with van der Waals surface area (Å²) >= 11 is 0. The molecule has 0 amide bonds. The van der Waals surface area contributed by atoms with E-state index in [0.717, 1.165) is 31.4 Å². The molecule has 1 aromatic rings. The van der Waals surface area contributed by atoms with Crippen LogP contribution in [0.3, 0.4) is 0 Å². The number of allylic oxidation sites excluding steroid dienone is 3. The lowest BCUT2D eigenvalue weighted by Gasteiger charge is -2.29. The minimum Gasteiger partial charge on any atom is -0.383 e. The van der Waals surface area contributed by atoms with Gasteiger partial charge in [0, 0.05) is 19.4 Å². The predicted octanol–water partition coefficient (Wildman–Crippen LogP) is 3.70. The van der Waals surface area contributed by atoms with Gasteiger partial charge in [0.05, 0.1) is 23.3 Å². The average molecular weight is 330 g/mol. The van der Waals surface area contributed by atoms with Gasteiger partial charge in [-0.25, -0.2) is 0 Å². The van der Waals surface area contributed by atoms with Crippen molar-refractivity contribution in [1.82, 2.24) is 5.32 Å². The molecule has 130 valence electrons. The highest BCUT2D eigenvalue weighted by Gasteiger charge is 2.31. The van der Waals surface area contributed by atoms with Gasteiger partial charge in [-0.3, -0.25) is 10.1 Å². The van der Waals surface area contributed by atoms with Crippen LogP contribution in [0.4, 0.5) is 0 Å². The molecule has 0 heterocycles. The van der Waals surface area contributed by atoms with Crippen LogP contribution in [-0.2, 0) is 11.2 Å². The normalized spacial score (nSPS) is 19.0. The van der Waals surface area contributed by atoms with Crippen LogP contribution in [0.1, 0.15) is 31.2 Å². The van der Waals surface area contributed by atoms with Crippen LogP contribution < -0.4 is 5.32 Å². The van der Waals surface area contributed by atoms with Crippen LogP contribution in [0, 0.1) is 16.0 Å². The molecule has 1 unspecified atom stereocenters. The Bertz CT molecular complexity index is 584. The Morgan fingerprint density at radius 3 is 2.83 bits per heavy atom. The molecule has 2 atom stereocenters. The fourth-order valence-corrected chi connectivity index (χ4v) is 3.33. The maximum Gasteiger partial charge on any atom is 0.265 e. The maximum atomic E-state index is 11.5. The first kappa shape index (κ1) is 18.2. The van der Waals surface area contributed by atoms with Crippen molar-refractivity contribution in [2.75, 3.05) is 13.7 Å². The van der Waals surface area contributed by atoms with Crippen molar-refractivity contribution in [3.63, 3.8) is 0 Å². The van der Waals surface area contributed by atoms with Crippen LogP contribution in [-0.4, -0.2) is 24.7 Å². The molecule has 2 rings (SSSR count). The molecule has 1 aliphatic carbocycles. The van der Waals surface area contributed by atoms with Crippen molar-refractivity contribution >= 4 is 0 Å². The zero-order valence-electron chi connectivity index (χ0n) is 14.2. The molecule has 0 spiro atoms. The molecule has 1 N–H and O–H groups in total. The molecule has 0 bridgehead atoms. The zero-order valence-corrected chi connectivity index (χ0v) is 14.2. The fraction of sp³-hybridized carbons (Fsp3) is 0.474. The Morgan fingerprint density at radius 1 is 1.46 bits per heavy atom. The summed E-state index contributed by atoms with van der Waals surface area (Å²) in [5.41, 5.74) is 2.28. The largest absolute Gasteiger partial charge is 0.383 e. The van der Waals surface area contributed by atoms with Gasteiger partial charge in [0.15, 0.2) is 0 Å². The second-order valence-corrected chi connectivity index (χ2v) is 6.22. The van der Waals surface area contributed by atoms with E-state index in [2.05, 4.69) is 24.0 Å². The van der Waals surface area contributed by atoms with E-state index in [0.29, 0.717) is 18.7 Å². The molecule has 0 saturated carbocycles. The van der Waals surface area contributed by atoms with E-state index in [9.17, 15) is 10.1 Å². The van der Waals surface area contributed by atoms with Gasteiger partial charge in [-0.15, -0.1) is 6.58 Å². The minimum absolute atomic E-state index is 0.00719. The van der Waals surface area contributed by atoms with Crippen molar-refractivity contribution in [2.45, 2.75) is 38.1 Å². The van der Waals surface area contributed by atoms with Crippen molar-refractivity contribution in [1.29, 1.82) is 0 Å². The maximum absolute atomic E-state index is 11.5. The molecule has 1 aliphatic rings. The molecule has 5 nitrogen and oxygen atoms in total. The van der Waals surface area contributed by atoms with Crippen LogP contribution >= 0.6 is 0 Å². The van der Waals surface area contributed by atoms with Crippen molar-refractivity contribution in [3.05, 3.63) is 70.1 Å². The number of rotatable bonds is 9. The van der Waals surface area contributed by atoms with Crippen LogP contribution in [0.25, 0.3) is 0 Å². The molecule has 0 saturated heterocycles. The third kappa shape index (κ3) is 4.93. The Kier molecular flexibility index (Phi) is 7.00. The lowest BCUT2D eigenvalue weighted by atomic mass is 9.87. The molecular weight excluding hydrogens is 304 g/mol. The summed E-state index contributed by atoms with van der Waals surface area (Å²) in [7, 11) is 1.66. The van der Waals surface area contributed by atoms with Gasteiger partial charge < -0.3 is 10.1 Å². The number of nitrogens with zero attached hydrogens (tertiary/aromatic N) is 1. The van der Waals surface area contributed by atoms with E-state index in [-0.39, 0.29) is 16.9 Å². The summed E-state index contributed by atoms with van der Waals surface area (Å²) in [6.07, 6.45) is 5.70. The van der Waals surface area contributed by atoms with E-state index in [1.54, 1.807) is 7.11 Å². The van der Waals surface area contributed by atoms with Crippen LogP contribution in [0.15, 0.2) is 54.4 Å². The molecule has 0 radical (unpaired) electrons. The van der Waals surface area contributed by atoms with E-state index >= 15 is 0 Å². The van der Waals surface area contributed by atoms with Gasteiger partial charge in [-0.2, -0.15) is 0 Å². The first-order chi connectivity index (χ1) is 11.7. The topological polar surface area (TPSA) is 64.4 Å². The summed E-state index contributed by atoms with van der Waals surface area (Å²) in [6.45, 7) is 4.30. The highest BCUT2D eigenvalue weighted by molar-refractivity contribution is 5.19. The van der Waals surface area contributed by atoms with Gasteiger partial charge in [-0.1, -0.05) is 36.4 Å². The standard InChI is InChI=1S/C19H26N2O3/c1-3-8-16-11-7-12-18(21(22)23)19(16)20-17(14-24-2)13-15-9-5-4-6-10-15/h3-6,9-10,16-17,20H,1,7-8,11-14H2,2H3/t16?,17-/m0/s1. The van der Waals surface area contributed by atoms with Gasteiger partial charge >= 0.3 is 0 Å². The summed E-state index contributed by atoms with van der Waals surface area (Å²) < 4.78 is 5.33. The number of hydrogen-bond acceptors (Lipinski definition) is 4. The van der Waals surface area contributed by atoms with E-state index in [4.69, 9.17) is 4.74 Å². The SMILES string of the molecule is C=CCC1CCCC([N+](=O)[O-])=C1N[C@H](COC)Cc1ccccc1. The smallest absolute Gasteiger partial charge is 0.265 e. The van der Waals surface area contributed by atoms with Gasteiger partial charge in [0.25, 0.3) is 5.70 Å². The van der Waals surface area contributed by atoms with Gasteiger partial charge in [-0.05, 0) is 31.2 Å². The Hall–Kier alpha value is -2.14. The number of hydrogen-bond donors (Lipinski definition) is 1. The Morgan fingerprint density at radius 2 is 2.21 bits per heavy atom. The second-order valence-electron chi connectivity index (χ2n) is 6.22. The Labute approximate surface area is 143 Å². The number of nitro groups is 1. The number of nitrogens with one attached hydrogen (secondary N) is 1. The monoisotopic (exact) mass is 330 g/mol. The van der Waals surface area contributed by atoms with Gasteiger partial charge in [0.2, 0.25) is 0 Å². The first-order valence-electron chi connectivity index (χ1n) is 8.43. The summed E-state index contributed by atoms with van der Waals surface area (Å²) in [6, 6.07) is 10.1. The van der Waals surface area contributed by atoms with E-state index < -0.39 is 0 Å². The molecule has 0 aromatic heterocycles. The molecule has 5 heteroatoms. The summed E-state index contributed by atoms with van der Waals surface area (Å²) in [5, 5.41) is 14.9. The highest BCUT2D eigenvalue weighted by atomic mass is 16.6. The number of ether oxygens (including phenoxy) is 1. The zero-order chi connectivity index (χ0) is 17.4. The molecule has 1 aromatic carbocycles. The first-order valence-corrected chi connectivity index (χ1v) is 8.43. The number of methoxy groups -OCH3 is 1. The molecular formula is C19H26N2O3. The average Bonchev–Trinajstić information content (AvgIpc) is 2.57. The highest BCUT2D eigenvalue weighted by Crippen LogP contribution is 2.32. The molecule has 0 fully saturated rings. The van der Waals surface area contributed by atoms with Crippen molar-refractivity contribution in [2.24, 2.45) is 5.92 Å². The third-order valence-electron chi connectivity index (χ3n) is 4.41. The minimum atomic E-state index is -0.232. The fourth-order valence-electron chi connectivity index (χ4n) is 3.33. The summed E-state index contributed by atoms with van der Waals surface area (Å²) in [5.74, 6) is 0.145. The van der Waals surface area contributed by atoms with Gasteiger partial charge in [0.1, 0.15) is 0 Å². The van der Waals surface area contributed by atoms with Crippen molar-refractivity contribution in [3.8, 4) is 0 Å². The summed E-state index contributed by atoms with van der Waals surface area (Å²) in [4.78, 5) is 11.2. The van der Waals surface area contributed by atoms with E-state index in [1.165, 1.54) is 5.56 Å². The third-order valence-corrected chi connectivity index (χ3v) is 4.41. The molecule has 0 aliphatic heterocycles. The predicted molar refractivity (Wildman–Crippen MR) is 95.1 cm³/mol. The number of benzene rings is 1. The molecule has 24 heavy (non-hydrogen) atoms.